The van der Waals surface area contributed by atoms with Crippen LogP contribution in [-0.4, -0.2) is 49.3 Å². The van der Waals surface area contributed by atoms with Crippen LogP contribution in [0.4, 0.5) is 5.82 Å². The Balaban J connectivity index is 2.07. The van der Waals surface area contributed by atoms with Crippen molar-refractivity contribution in [2.24, 2.45) is 0 Å². The second-order valence-electron chi connectivity index (χ2n) is 3.89. The van der Waals surface area contributed by atoms with Gasteiger partial charge in [0.2, 0.25) is 0 Å². The number of hydrogen-bond donors (Lipinski definition) is 1. The van der Waals surface area contributed by atoms with Crippen molar-refractivity contribution >= 4 is 11.5 Å². The molecule has 7 heteroatoms. The van der Waals surface area contributed by atoms with Crippen LogP contribution in [0.5, 0.6) is 0 Å². The third kappa shape index (κ3) is 1.32. The maximum Gasteiger partial charge on any atom is 0.199 e. The van der Waals surface area contributed by atoms with Crippen LogP contribution in [0.25, 0.3) is 5.65 Å². The minimum atomic E-state index is 0.150. The van der Waals surface area contributed by atoms with Crippen molar-refractivity contribution in [1.29, 1.82) is 0 Å². The first-order chi connectivity index (χ1) is 7.90. The van der Waals surface area contributed by atoms with E-state index in [9.17, 15) is 5.11 Å². The highest BCUT2D eigenvalue weighted by atomic mass is 16.3. The highest BCUT2D eigenvalue weighted by molar-refractivity contribution is 5.47. The third-order valence-corrected chi connectivity index (χ3v) is 2.97. The van der Waals surface area contributed by atoms with Crippen LogP contribution in [-0.2, 0) is 0 Å². The molecular formula is C9H12N6O. The molecule has 0 saturated carbocycles. The van der Waals surface area contributed by atoms with Gasteiger partial charge in [0.05, 0.1) is 25.0 Å². The minimum absolute atomic E-state index is 0.150. The van der Waals surface area contributed by atoms with Gasteiger partial charge in [-0.05, 0) is 23.3 Å². The van der Waals surface area contributed by atoms with Crippen LogP contribution < -0.4 is 4.90 Å². The molecule has 0 bridgehead atoms. The van der Waals surface area contributed by atoms with Gasteiger partial charge < -0.3 is 10.0 Å². The van der Waals surface area contributed by atoms with Gasteiger partial charge in [-0.3, -0.25) is 4.98 Å². The standard InChI is InChI=1S/C9H12N6O/c16-6-7-2-1-3-14(7)9-5-10-4-8-11-12-13-15(8)9/h4-5,7,16H,1-3,6H2. The molecule has 0 aliphatic carbocycles. The first kappa shape index (κ1) is 9.46. The van der Waals surface area contributed by atoms with Crippen molar-refractivity contribution in [2.45, 2.75) is 18.9 Å². The van der Waals surface area contributed by atoms with Gasteiger partial charge in [0.1, 0.15) is 0 Å². The summed E-state index contributed by atoms with van der Waals surface area (Å²) in [6, 6.07) is 0.150. The fourth-order valence-corrected chi connectivity index (χ4v) is 2.19. The van der Waals surface area contributed by atoms with E-state index in [1.165, 1.54) is 0 Å². The Labute approximate surface area is 91.7 Å². The van der Waals surface area contributed by atoms with Crippen molar-refractivity contribution in [2.75, 3.05) is 18.1 Å². The van der Waals surface area contributed by atoms with Crippen LogP contribution in [0.1, 0.15) is 12.8 Å². The number of hydrogen-bond acceptors (Lipinski definition) is 6. The highest BCUT2D eigenvalue weighted by Gasteiger charge is 2.26. The molecule has 1 saturated heterocycles. The lowest BCUT2D eigenvalue weighted by Crippen LogP contribution is -2.33. The summed E-state index contributed by atoms with van der Waals surface area (Å²) < 4.78 is 1.65. The second kappa shape index (κ2) is 3.67. The molecule has 1 fully saturated rings. The van der Waals surface area contributed by atoms with Crippen molar-refractivity contribution in [3.63, 3.8) is 0 Å². The van der Waals surface area contributed by atoms with E-state index < -0.39 is 0 Å². The molecule has 84 valence electrons. The topological polar surface area (TPSA) is 79.4 Å². The molecule has 2 aromatic rings. The molecule has 0 spiro atoms. The molecule has 3 rings (SSSR count). The highest BCUT2D eigenvalue weighted by Crippen LogP contribution is 2.24. The maximum absolute atomic E-state index is 9.30. The van der Waals surface area contributed by atoms with E-state index in [-0.39, 0.29) is 12.6 Å². The first-order valence-electron chi connectivity index (χ1n) is 5.30. The normalized spacial score (nSPS) is 20.8. The van der Waals surface area contributed by atoms with Crippen molar-refractivity contribution in [3.05, 3.63) is 12.4 Å². The molecule has 3 heterocycles. The number of aliphatic hydroxyl groups is 1. The molecule has 1 unspecified atom stereocenters. The molecular weight excluding hydrogens is 208 g/mol. The molecule has 2 aromatic heterocycles. The Morgan fingerprint density at radius 1 is 1.44 bits per heavy atom. The van der Waals surface area contributed by atoms with E-state index >= 15 is 0 Å². The number of tetrazole rings is 1. The average molecular weight is 220 g/mol. The van der Waals surface area contributed by atoms with Gasteiger partial charge >= 0.3 is 0 Å². The van der Waals surface area contributed by atoms with Gasteiger partial charge in [-0.25, -0.2) is 0 Å². The van der Waals surface area contributed by atoms with E-state index in [1.807, 2.05) is 0 Å². The molecule has 0 radical (unpaired) electrons. The Morgan fingerprint density at radius 3 is 3.25 bits per heavy atom. The van der Waals surface area contributed by atoms with Gasteiger partial charge in [-0.1, -0.05) is 0 Å². The Bertz CT molecular complexity index is 497. The van der Waals surface area contributed by atoms with E-state index in [0.717, 1.165) is 25.2 Å². The van der Waals surface area contributed by atoms with Crippen molar-refractivity contribution < 1.29 is 5.11 Å². The SMILES string of the molecule is OCC1CCCN1c1cncc2nnnn12. The Morgan fingerprint density at radius 2 is 2.38 bits per heavy atom. The summed E-state index contributed by atoms with van der Waals surface area (Å²) in [6.07, 6.45) is 5.42. The van der Waals surface area contributed by atoms with Crippen LogP contribution in [0.3, 0.4) is 0 Å². The number of anilines is 1. The van der Waals surface area contributed by atoms with E-state index in [4.69, 9.17) is 0 Å². The van der Waals surface area contributed by atoms with Crippen LogP contribution in [0.15, 0.2) is 12.4 Å². The fraction of sp³-hybridized carbons (Fsp3) is 0.556. The molecule has 0 aromatic carbocycles. The zero-order valence-corrected chi connectivity index (χ0v) is 8.69. The van der Waals surface area contributed by atoms with Gasteiger partial charge in [0.25, 0.3) is 0 Å². The molecule has 1 aliphatic heterocycles. The van der Waals surface area contributed by atoms with Gasteiger partial charge in [-0.15, -0.1) is 5.10 Å². The molecule has 0 amide bonds. The quantitative estimate of drug-likeness (QED) is 0.733. The Kier molecular flexibility index (Phi) is 2.17. The Hall–Kier alpha value is -1.76. The zero-order valence-electron chi connectivity index (χ0n) is 8.69. The summed E-state index contributed by atoms with van der Waals surface area (Å²) in [6.45, 7) is 1.06. The molecule has 16 heavy (non-hydrogen) atoms. The van der Waals surface area contributed by atoms with Crippen LogP contribution in [0.2, 0.25) is 0 Å². The number of aromatic nitrogens is 5. The van der Waals surface area contributed by atoms with Crippen molar-refractivity contribution in [3.8, 4) is 0 Å². The summed E-state index contributed by atoms with van der Waals surface area (Å²) in [5.74, 6) is 0.846. The van der Waals surface area contributed by atoms with Gasteiger partial charge in [0, 0.05) is 6.54 Å². The maximum atomic E-state index is 9.30. The van der Waals surface area contributed by atoms with Gasteiger partial charge in [-0.2, -0.15) is 4.52 Å². The van der Waals surface area contributed by atoms with Crippen LogP contribution >= 0.6 is 0 Å². The van der Waals surface area contributed by atoms with E-state index in [0.29, 0.717) is 5.65 Å². The average Bonchev–Trinajstić information content (AvgIpc) is 2.96. The second-order valence-corrected chi connectivity index (χ2v) is 3.89. The molecule has 1 atom stereocenters. The predicted octanol–water partition coefficient (Wildman–Crippen LogP) is -0.520. The lowest BCUT2D eigenvalue weighted by Gasteiger charge is -2.24. The predicted molar refractivity (Wildman–Crippen MR) is 56.0 cm³/mol. The first-order valence-corrected chi connectivity index (χ1v) is 5.30. The summed E-state index contributed by atoms with van der Waals surface area (Å²) in [5, 5.41) is 20.7. The fourth-order valence-electron chi connectivity index (χ4n) is 2.19. The largest absolute Gasteiger partial charge is 0.394 e. The smallest absolute Gasteiger partial charge is 0.199 e. The lowest BCUT2D eigenvalue weighted by molar-refractivity contribution is 0.265. The number of aliphatic hydroxyl groups excluding tert-OH is 1. The monoisotopic (exact) mass is 220 g/mol. The zero-order chi connectivity index (χ0) is 11.0. The van der Waals surface area contributed by atoms with Crippen molar-refractivity contribution in [1.82, 2.24) is 25.0 Å². The molecule has 7 nitrogen and oxygen atoms in total. The van der Waals surface area contributed by atoms with E-state index in [2.05, 4.69) is 25.4 Å². The lowest BCUT2D eigenvalue weighted by atomic mass is 10.2. The summed E-state index contributed by atoms with van der Waals surface area (Å²) >= 11 is 0. The van der Waals surface area contributed by atoms with E-state index in [1.54, 1.807) is 16.9 Å². The van der Waals surface area contributed by atoms with Crippen LogP contribution in [0, 0.1) is 0 Å². The molecule has 1 N–H and O–H groups in total. The minimum Gasteiger partial charge on any atom is -0.394 e. The summed E-state index contributed by atoms with van der Waals surface area (Å²) in [4.78, 5) is 6.22. The molecule has 1 aliphatic rings. The summed E-state index contributed by atoms with van der Waals surface area (Å²) in [7, 11) is 0. The third-order valence-electron chi connectivity index (χ3n) is 2.97. The number of nitrogens with zero attached hydrogens (tertiary/aromatic N) is 6. The summed E-state index contributed by atoms with van der Waals surface area (Å²) in [5.41, 5.74) is 0.626. The number of rotatable bonds is 2. The van der Waals surface area contributed by atoms with Gasteiger partial charge in [0.15, 0.2) is 11.5 Å². The number of fused-ring (bicyclic) bond motifs is 1.